The third kappa shape index (κ3) is 4.16. The summed E-state index contributed by atoms with van der Waals surface area (Å²) in [7, 11) is -2.39. The molecule has 0 saturated heterocycles. The number of benzene rings is 3. The summed E-state index contributed by atoms with van der Waals surface area (Å²) in [4.78, 5) is 9.49. The van der Waals surface area contributed by atoms with Crippen molar-refractivity contribution in [3.8, 4) is 11.8 Å². The number of nitrogens with zero attached hydrogens (tertiary/aromatic N) is 4. The van der Waals surface area contributed by atoms with Gasteiger partial charge in [0.2, 0.25) is 0 Å². The van der Waals surface area contributed by atoms with E-state index < -0.39 is 10.0 Å². The fraction of sp³-hybridized carbons (Fsp3) is 0.115. The maximum atomic E-state index is 13.3. The van der Waals surface area contributed by atoms with E-state index in [1.54, 1.807) is 29.9 Å². The minimum Gasteiger partial charge on any atom is -0.497 e. The molecule has 174 valence electrons. The molecule has 0 fully saturated rings. The minimum absolute atomic E-state index is 0.0966. The molecule has 0 radical (unpaired) electrons. The largest absolute Gasteiger partial charge is 0.497 e. The maximum Gasteiger partial charge on any atom is 0.263 e. The summed E-state index contributed by atoms with van der Waals surface area (Å²) in [6.07, 6.45) is 0. The molecule has 5 aromatic rings. The average Bonchev–Trinajstić information content (AvgIpc) is 3.13. The molecule has 0 spiro atoms. The molecule has 0 atom stereocenters. The third-order valence-corrected chi connectivity index (χ3v) is 7.08. The van der Waals surface area contributed by atoms with Gasteiger partial charge in [-0.1, -0.05) is 42.0 Å². The first kappa shape index (κ1) is 22.4. The zero-order valence-corrected chi connectivity index (χ0v) is 19.9. The Morgan fingerprint density at radius 3 is 2.26 bits per heavy atom. The maximum absolute atomic E-state index is 13.3. The van der Waals surface area contributed by atoms with Gasteiger partial charge in [-0.25, -0.2) is 18.4 Å². The molecule has 5 rings (SSSR count). The number of hydrogen-bond acceptors (Lipinski definition) is 6. The highest BCUT2D eigenvalue weighted by atomic mass is 32.2. The number of nitriles is 1. The molecule has 0 saturated carbocycles. The van der Waals surface area contributed by atoms with Gasteiger partial charge in [0.25, 0.3) is 10.0 Å². The smallest absolute Gasteiger partial charge is 0.263 e. The van der Waals surface area contributed by atoms with Crippen LogP contribution in [0.3, 0.4) is 0 Å². The number of aromatic nitrogens is 3. The van der Waals surface area contributed by atoms with Crippen molar-refractivity contribution < 1.29 is 13.2 Å². The summed E-state index contributed by atoms with van der Waals surface area (Å²) in [5.74, 6) is 0.823. The lowest BCUT2D eigenvalue weighted by Crippen LogP contribution is -2.17. The minimum atomic E-state index is -3.98. The van der Waals surface area contributed by atoms with Crippen LogP contribution >= 0.6 is 0 Å². The Morgan fingerprint density at radius 2 is 1.63 bits per heavy atom. The zero-order valence-electron chi connectivity index (χ0n) is 19.1. The number of ether oxygens (including phenoxy) is 1. The van der Waals surface area contributed by atoms with E-state index in [1.807, 2.05) is 49.4 Å². The van der Waals surface area contributed by atoms with Gasteiger partial charge < -0.3 is 9.30 Å². The molecular weight excluding hydrogens is 462 g/mol. The highest BCUT2D eigenvalue weighted by molar-refractivity contribution is 7.92. The summed E-state index contributed by atoms with van der Waals surface area (Å²) in [6, 6.07) is 23.4. The van der Waals surface area contributed by atoms with Crippen LogP contribution in [0.5, 0.6) is 5.75 Å². The van der Waals surface area contributed by atoms with Crippen molar-refractivity contribution >= 4 is 38.0 Å². The number of fused-ring (bicyclic) bond motifs is 2. The van der Waals surface area contributed by atoms with E-state index in [0.29, 0.717) is 27.9 Å². The summed E-state index contributed by atoms with van der Waals surface area (Å²) in [6.45, 7) is 2.15. The van der Waals surface area contributed by atoms with E-state index in [1.165, 1.54) is 12.1 Å². The van der Waals surface area contributed by atoms with Gasteiger partial charge in [0.1, 0.15) is 28.7 Å². The van der Waals surface area contributed by atoms with Crippen LogP contribution in [-0.4, -0.2) is 30.1 Å². The number of aryl methyl sites for hydroxylation is 1. The second-order valence-corrected chi connectivity index (χ2v) is 9.76. The summed E-state index contributed by atoms with van der Waals surface area (Å²) >= 11 is 0. The lowest BCUT2D eigenvalue weighted by atomic mass is 10.2. The second kappa shape index (κ2) is 8.74. The molecule has 1 N–H and O–H groups in total. The van der Waals surface area contributed by atoms with Crippen LogP contribution in [0, 0.1) is 18.3 Å². The third-order valence-electron chi connectivity index (χ3n) is 5.73. The van der Waals surface area contributed by atoms with Crippen molar-refractivity contribution in [1.82, 2.24) is 14.5 Å². The predicted octanol–water partition coefficient (Wildman–Crippen LogP) is 4.62. The van der Waals surface area contributed by atoms with Crippen LogP contribution < -0.4 is 9.46 Å². The van der Waals surface area contributed by atoms with Crippen molar-refractivity contribution in [2.75, 3.05) is 11.8 Å². The van der Waals surface area contributed by atoms with E-state index >= 15 is 0 Å². The van der Waals surface area contributed by atoms with Crippen LogP contribution in [0.4, 0.5) is 5.82 Å². The second-order valence-electron chi connectivity index (χ2n) is 8.07. The molecular formula is C26H21N5O3S. The molecule has 8 nitrogen and oxygen atoms in total. The molecule has 9 heteroatoms. The Balaban J connectivity index is 1.72. The van der Waals surface area contributed by atoms with Crippen LogP contribution in [0.1, 0.15) is 16.7 Å². The van der Waals surface area contributed by atoms with E-state index in [-0.39, 0.29) is 22.8 Å². The summed E-state index contributed by atoms with van der Waals surface area (Å²) in [5, 5.41) is 10.1. The van der Waals surface area contributed by atoms with Crippen LogP contribution in [0.15, 0.2) is 77.7 Å². The molecule has 0 unspecified atom stereocenters. The van der Waals surface area contributed by atoms with Crippen molar-refractivity contribution in [2.24, 2.45) is 0 Å². The number of para-hydroxylation sites is 2. The lowest BCUT2D eigenvalue weighted by Gasteiger charge is -2.13. The van der Waals surface area contributed by atoms with Gasteiger partial charge in [-0.2, -0.15) is 5.26 Å². The van der Waals surface area contributed by atoms with Gasteiger partial charge in [-0.3, -0.25) is 4.72 Å². The van der Waals surface area contributed by atoms with Gasteiger partial charge in [-0.05, 0) is 48.9 Å². The first-order valence-corrected chi connectivity index (χ1v) is 12.3. The van der Waals surface area contributed by atoms with Gasteiger partial charge >= 0.3 is 0 Å². The molecule has 0 amide bonds. The van der Waals surface area contributed by atoms with Crippen LogP contribution in [0.2, 0.25) is 0 Å². The Morgan fingerprint density at radius 1 is 0.971 bits per heavy atom. The standard InChI is InChI=1S/C26H21N5O3S/c1-17-7-13-20(14-8-17)35(32,33)30-25-21(15-27)24-26(29-23-6-4-3-5-22(23)28-24)31(25)16-18-9-11-19(34-2)12-10-18/h3-14,30H,16H2,1-2H3. The number of methoxy groups -OCH3 is 1. The number of hydrogen-bond donors (Lipinski definition) is 1. The monoisotopic (exact) mass is 483 g/mol. The summed E-state index contributed by atoms with van der Waals surface area (Å²) < 4.78 is 36.1. The first-order chi connectivity index (χ1) is 16.9. The van der Waals surface area contributed by atoms with E-state index in [4.69, 9.17) is 9.72 Å². The van der Waals surface area contributed by atoms with Gasteiger partial charge in [0, 0.05) is 0 Å². The zero-order chi connectivity index (χ0) is 24.6. The topological polar surface area (TPSA) is 110 Å². The fourth-order valence-electron chi connectivity index (χ4n) is 3.88. The predicted molar refractivity (Wildman–Crippen MR) is 134 cm³/mol. The van der Waals surface area contributed by atoms with Crippen molar-refractivity contribution in [3.05, 3.63) is 89.5 Å². The van der Waals surface area contributed by atoms with Gasteiger partial charge in [0.15, 0.2) is 5.65 Å². The number of rotatable bonds is 6. The van der Waals surface area contributed by atoms with Crippen LogP contribution in [-0.2, 0) is 16.6 Å². The lowest BCUT2D eigenvalue weighted by molar-refractivity contribution is 0.414. The van der Waals surface area contributed by atoms with E-state index in [9.17, 15) is 13.7 Å². The molecule has 0 aliphatic heterocycles. The van der Waals surface area contributed by atoms with Gasteiger partial charge in [-0.15, -0.1) is 0 Å². The summed E-state index contributed by atoms with van der Waals surface area (Å²) in [5.41, 5.74) is 3.94. The van der Waals surface area contributed by atoms with Crippen LogP contribution in [0.25, 0.3) is 22.2 Å². The highest BCUT2D eigenvalue weighted by Crippen LogP contribution is 2.32. The number of sulfonamides is 1. The molecule has 0 bridgehead atoms. The fourth-order valence-corrected chi connectivity index (χ4v) is 4.96. The highest BCUT2D eigenvalue weighted by Gasteiger charge is 2.25. The molecule has 0 aliphatic carbocycles. The molecule has 2 aromatic heterocycles. The molecule has 35 heavy (non-hydrogen) atoms. The number of nitrogens with one attached hydrogen (secondary N) is 1. The Labute approximate surface area is 202 Å². The Hall–Kier alpha value is -4.42. The SMILES string of the molecule is COc1ccc(Cn2c(NS(=O)(=O)c3ccc(C)cc3)c(C#N)c3nc4ccccc4nc32)cc1. The Bertz CT molecular complexity index is 1700. The van der Waals surface area contributed by atoms with Crippen molar-refractivity contribution in [2.45, 2.75) is 18.4 Å². The van der Waals surface area contributed by atoms with E-state index in [2.05, 4.69) is 15.8 Å². The molecule has 2 heterocycles. The molecule has 3 aromatic carbocycles. The average molecular weight is 484 g/mol. The molecule has 0 aliphatic rings. The van der Waals surface area contributed by atoms with Gasteiger partial charge in [0.05, 0.1) is 29.6 Å². The van der Waals surface area contributed by atoms with Crippen molar-refractivity contribution in [3.63, 3.8) is 0 Å². The quantitative estimate of drug-likeness (QED) is 0.377. The van der Waals surface area contributed by atoms with Crippen molar-refractivity contribution in [1.29, 1.82) is 5.26 Å². The Kier molecular flexibility index (Phi) is 5.59. The van der Waals surface area contributed by atoms with E-state index in [0.717, 1.165) is 11.1 Å². The number of anilines is 1. The first-order valence-electron chi connectivity index (χ1n) is 10.8. The normalized spacial score (nSPS) is 11.5.